The van der Waals surface area contributed by atoms with Crippen LogP contribution >= 0.6 is 0 Å². The summed E-state index contributed by atoms with van der Waals surface area (Å²) in [4.78, 5) is 31.7. The maximum Gasteiger partial charge on any atom is 1.00 e. The molecule has 0 amide bonds. The van der Waals surface area contributed by atoms with E-state index in [2.05, 4.69) is 97.9 Å². The van der Waals surface area contributed by atoms with Gasteiger partial charge in [-0.3, -0.25) is 14.4 Å². The number of rotatable bonds is 7. The molecule has 3 rings (SSSR count). The topological polar surface area (TPSA) is 89.9 Å². The van der Waals surface area contributed by atoms with Crippen molar-refractivity contribution in [2.45, 2.75) is 161 Å². The van der Waals surface area contributed by atoms with Crippen LogP contribution in [-0.4, -0.2) is 37.3 Å². The molecule has 3 aliphatic carbocycles. The van der Waals surface area contributed by atoms with Gasteiger partial charge in [0, 0.05) is 22.3 Å². The predicted octanol–water partition coefficient (Wildman–Crippen LogP) is 9.07. The van der Waals surface area contributed by atoms with Gasteiger partial charge in [0.2, 0.25) is 0 Å². The number of carbonyl (C=O) groups is 3. The van der Waals surface area contributed by atoms with Crippen LogP contribution in [0.1, 0.15) is 157 Å². The number of hydrogen-bond donors (Lipinski definition) is 1. The summed E-state index contributed by atoms with van der Waals surface area (Å²) in [6.07, 6.45) is 23.4. The molecule has 0 heterocycles. The van der Waals surface area contributed by atoms with Gasteiger partial charge in [0.25, 0.3) is 0 Å². The van der Waals surface area contributed by atoms with Gasteiger partial charge in [-0.05, 0) is 145 Å². The number of aliphatic hydroxyl groups is 1. The summed E-state index contributed by atoms with van der Waals surface area (Å²) in [6.45, 7) is 33.1. The summed E-state index contributed by atoms with van der Waals surface area (Å²) in [6, 6.07) is 0. The van der Waals surface area contributed by atoms with E-state index in [9.17, 15) is 19.5 Å². The van der Waals surface area contributed by atoms with E-state index >= 15 is 0 Å². The van der Waals surface area contributed by atoms with Crippen molar-refractivity contribution < 1.29 is 59.9 Å². The molecule has 297 valence electrons. The minimum Gasteiger partial charge on any atom is -1.00 e. The third kappa shape index (κ3) is 22.8. The molecule has 8 heteroatoms. The Morgan fingerprint density at radius 1 is 0.833 bits per heavy atom. The third-order valence-electron chi connectivity index (χ3n) is 9.55. The number of ketones is 1. The van der Waals surface area contributed by atoms with Crippen LogP contribution in [0.3, 0.4) is 0 Å². The van der Waals surface area contributed by atoms with E-state index in [1.807, 2.05) is 19.1 Å². The number of esters is 2. The molecule has 0 aromatic heterocycles. The van der Waals surface area contributed by atoms with Gasteiger partial charge in [-0.1, -0.05) is 95.2 Å². The van der Waals surface area contributed by atoms with Crippen molar-refractivity contribution in [3.05, 3.63) is 94.1 Å². The first-order valence-corrected chi connectivity index (χ1v) is 18.9. The molecule has 0 aromatic carbocycles. The molecular formula is C46H73BNaO6. The minimum atomic E-state index is -0.312. The standard InChI is InChI=1S/C15H22O2.C13H22O.C13H20O.C5H8O2.B.Na.H/c1-11-7-6-10-15(4,5)14(11)9-8-12(2)17-13(3)16;2*1-10-6-5-9-13(3,4)12(10)8-7-11(2)14;1-4(2)7-5(3)6;;;/h7-9H,6,10H2,1-5H3;6,8,11,14H,5,7,9H2,1-4H3;7-8H,5-6,9H2,1-4H3;1H2,2-3H3;;;/q;;;;;+1;-1/b12-8-,14-9+;12-8+;8-7+;;;;. The SMILES string of the molecule is C=C(C)OC(C)=O.CC(=O)/C=C/C1=C(C)CCCC1(C)C.CC(=O)O/C(C)=C\C=C1/C(C)=CCCC1(C)C.CC1=CCCC(C)(C)/C1=C/CC(C)O.[B].[H-].[Na+]. The fourth-order valence-electron chi connectivity index (χ4n) is 6.86. The first kappa shape index (κ1) is 55.9. The smallest absolute Gasteiger partial charge is 1.00 e. The van der Waals surface area contributed by atoms with E-state index in [0.29, 0.717) is 11.5 Å². The molecule has 0 saturated heterocycles. The van der Waals surface area contributed by atoms with Crippen LogP contribution in [0.25, 0.3) is 0 Å². The Kier molecular flexibility index (Phi) is 27.3. The van der Waals surface area contributed by atoms with E-state index in [0.717, 1.165) is 19.3 Å². The molecule has 1 unspecified atom stereocenters. The maximum absolute atomic E-state index is 10.9. The first-order valence-electron chi connectivity index (χ1n) is 18.9. The molecule has 6 nitrogen and oxygen atoms in total. The number of carbonyl (C=O) groups excluding carboxylic acids is 3. The van der Waals surface area contributed by atoms with E-state index in [1.165, 1.54) is 79.4 Å². The summed E-state index contributed by atoms with van der Waals surface area (Å²) >= 11 is 0. The zero-order chi connectivity index (χ0) is 40.4. The molecular weight excluding hydrogens is 682 g/mol. The Morgan fingerprint density at radius 2 is 1.31 bits per heavy atom. The Labute approximate surface area is 355 Å². The fourth-order valence-corrected chi connectivity index (χ4v) is 6.86. The van der Waals surface area contributed by atoms with Crippen molar-refractivity contribution >= 4 is 26.1 Å². The Balaban J connectivity index is -0.000000320. The quantitative estimate of drug-likeness (QED) is 0.121. The fraction of sp³-hybridized carbons (Fsp3) is 0.587. The predicted molar refractivity (Wildman–Crippen MR) is 225 cm³/mol. The molecule has 1 atom stereocenters. The van der Waals surface area contributed by atoms with Crippen molar-refractivity contribution in [1.82, 2.24) is 0 Å². The molecule has 0 aliphatic heterocycles. The minimum absolute atomic E-state index is 0. The number of ether oxygens (including phenoxy) is 2. The van der Waals surface area contributed by atoms with Crippen molar-refractivity contribution in [2.75, 3.05) is 0 Å². The molecule has 0 spiro atoms. The van der Waals surface area contributed by atoms with E-state index in [-0.39, 0.29) is 79.5 Å². The summed E-state index contributed by atoms with van der Waals surface area (Å²) in [5.74, 6) is 0.623. The molecule has 1 N–H and O–H groups in total. The summed E-state index contributed by atoms with van der Waals surface area (Å²) in [5, 5.41) is 9.28. The number of allylic oxidation sites excluding steroid dienone is 14. The van der Waals surface area contributed by atoms with Gasteiger partial charge in [-0.25, -0.2) is 0 Å². The van der Waals surface area contributed by atoms with Crippen LogP contribution in [0.5, 0.6) is 0 Å². The Hall–Kier alpha value is -2.45. The van der Waals surface area contributed by atoms with Crippen LogP contribution in [0, 0.1) is 16.2 Å². The van der Waals surface area contributed by atoms with Crippen molar-refractivity contribution in [1.29, 1.82) is 0 Å². The van der Waals surface area contributed by atoms with Gasteiger partial charge in [0.05, 0.1) is 11.9 Å². The van der Waals surface area contributed by atoms with Gasteiger partial charge < -0.3 is 16.0 Å². The first-order chi connectivity index (χ1) is 23.8. The Morgan fingerprint density at radius 3 is 1.69 bits per heavy atom. The number of aliphatic hydroxyl groups excluding tert-OH is 1. The van der Waals surface area contributed by atoms with E-state index in [1.54, 1.807) is 26.8 Å². The van der Waals surface area contributed by atoms with Gasteiger partial charge in [0.15, 0.2) is 5.78 Å². The summed E-state index contributed by atoms with van der Waals surface area (Å²) < 4.78 is 9.42. The number of hydrogen-bond acceptors (Lipinski definition) is 6. The molecule has 3 radical (unpaired) electrons. The molecule has 3 aliphatic rings. The summed E-state index contributed by atoms with van der Waals surface area (Å²) in [7, 11) is 0. The second-order valence-electron chi connectivity index (χ2n) is 16.4. The average Bonchev–Trinajstić information content (AvgIpc) is 2.95. The second-order valence-corrected chi connectivity index (χ2v) is 16.4. The van der Waals surface area contributed by atoms with Crippen LogP contribution in [0.15, 0.2) is 94.1 Å². The largest absolute Gasteiger partial charge is 1.00 e. The zero-order valence-electron chi connectivity index (χ0n) is 38.0. The monoisotopic (exact) mass is 756 g/mol. The molecule has 54 heavy (non-hydrogen) atoms. The van der Waals surface area contributed by atoms with Gasteiger partial charge in [-0.15, -0.1) is 0 Å². The van der Waals surface area contributed by atoms with Crippen molar-refractivity contribution in [3.63, 3.8) is 0 Å². The third-order valence-corrected chi connectivity index (χ3v) is 9.55. The molecule has 0 saturated carbocycles. The van der Waals surface area contributed by atoms with Gasteiger partial charge >= 0.3 is 41.5 Å². The van der Waals surface area contributed by atoms with Crippen LogP contribution < -0.4 is 29.6 Å². The van der Waals surface area contributed by atoms with Crippen molar-refractivity contribution in [3.8, 4) is 0 Å². The van der Waals surface area contributed by atoms with Gasteiger partial charge in [0.1, 0.15) is 5.76 Å². The van der Waals surface area contributed by atoms with E-state index < -0.39 is 0 Å². The molecule has 0 aromatic rings. The molecule has 0 fully saturated rings. The molecule has 0 bridgehead atoms. The second kappa shape index (κ2) is 26.4. The van der Waals surface area contributed by atoms with Crippen LogP contribution in [0.2, 0.25) is 0 Å². The van der Waals surface area contributed by atoms with Crippen LogP contribution in [0.4, 0.5) is 0 Å². The Bertz CT molecular complexity index is 1470. The average molecular weight is 756 g/mol. The maximum atomic E-state index is 10.9. The van der Waals surface area contributed by atoms with Gasteiger partial charge in [-0.2, -0.15) is 0 Å². The van der Waals surface area contributed by atoms with E-state index in [4.69, 9.17) is 4.74 Å². The van der Waals surface area contributed by atoms with Crippen molar-refractivity contribution in [2.24, 2.45) is 16.2 Å². The normalized spacial score (nSPS) is 20.4. The summed E-state index contributed by atoms with van der Waals surface area (Å²) in [5.41, 5.74) is 9.00. The zero-order valence-corrected chi connectivity index (χ0v) is 39.0. The van der Waals surface area contributed by atoms with Crippen LogP contribution in [-0.2, 0) is 23.9 Å².